The molecular formula is C35H49ClF3NO. The van der Waals surface area contributed by atoms with Crippen LogP contribution in [0.5, 0.6) is 5.75 Å². The Morgan fingerprint density at radius 3 is 2.49 bits per heavy atom. The van der Waals surface area contributed by atoms with Gasteiger partial charge in [-0.1, -0.05) is 70.2 Å². The summed E-state index contributed by atoms with van der Waals surface area (Å²) >= 11 is 0. The van der Waals surface area contributed by atoms with Gasteiger partial charge in [0.25, 0.3) is 0 Å². The molecule has 0 radical (unpaired) electrons. The number of fused-ring (bicyclic) bond motifs is 5. The third-order valence-electron chi connectivity index (χ3n) is 10.8. The van der Waals surface area contributed by atoms with E-state index in [0.717, 1.165) is 37.1 Å². The molecule has 0 saturated heterocycles. The summed E-state index contributed by atoms with van der Waals surface area (Å²) in [4.78, 5) is 2.59. The van der Waals surface area contributed by atoms with Gasteiger partial charge >= 0.3 is 6.18 Å². The van der Waals surface area contributed by atoms with Crippen molar-refractivity contribution < 1.29 is 17.9 Å². The number of aryl methyl sites for hydroxylation is 1. The molecule has 2 aromatic carbocycles. The Hall–Kier alpha value is -1.72. The van der Waals surface area contributed by atoms with E-state index in [1.165, 1.54) is 81.0 Å². The van der Waals surface area contributed by atoms with Crippen LogP contribution in [-0.2, 0) is 19.1 Å². The zero-order chi connectivity index (χ0) is 28.3. The molecule has 0 amide bonds. The second kappa shape index (κ2) is 13.7. The van der Waals surface area contributed by atoms with Crippen LogP contribution in [-0.4, -0.2) is 24.6 Å². The molecular weight excluding hydrogens is 543 g/mol. The minimum Gasteiger partial charge on any atom is -0.497 e. The third kappa shape index (κ3) is 6.93. The van der Waals surface area contributed by atoms with E-state index < -0.39 is 11.7 Å². The van der Waals surface area contributed by atoms with Crippen molar-refractivity contribution in [3.05, 3.63) is 64.7 Å². The van der Waals surface area contributed by atoms with E-state index in [9.17, 15) is 13.2 Å². The lowest BCUT2D eigenvalue weighted by atomic mass is 9.55. The van der Waals surface area contributed by atoms with Gasteiger partial charge in [-0.3, -0.25) is 4.90 Å². The van der Waals surface area contributed by atoms with Crippen molar-refractivity contribution in [1.82, 2.24) is 4.90 Å². The molecule has 2 nitrogen and oxygen atoms in total. The number of hydrogen-bond donors (Lipinski definition) is 0. The van der Waals surface area contributed by atoms with Gasteiger partial charge < -0.3 is 4.74 Å². The molecule has 2 fully saturated rings. The van der Waals surface area contributed by atoms with Crippen molar-refractivity contribution in [2.45, 2.75) is 116 Å². The van der Waals surface area contributed by atoms with Gasteiger partial charge in [-0.05, 0) is 110 Å². The Labute approximate surface area is 251 Å². The first-order valence-corrected chi connectivity index (χ1v) is 15.8. The highest BCUT2D eigenvalue weighted by molar-refractivity contribution is 5.85. The average molecular weight is 592 g/mol. The number of rotatable bonds is 11. The Bertz CT molecular complexity index is 1140. The molecule has 0 bridgehead atoms. The normalized spacial score (nSPS) is 27.1. The van der Waals surface area contributed by atoms with Crippen molar-refractivity contribution in [2.24, 2.45) is 17.3 Å². The van der Waals surface area contributed by atoms with Crippen LogP contribution in [0.15, 0.2) is 42.5 Å². The molecule has 228 valence electrons. The summed E-state index contributed by atoms with van der Waals surface area (Å²) in [6.07, 6.45) is 10.3. The molecule has 2 aromatic rings. The quantitative estimate of drug-likeness (QED) is 0.241. The number of halogens is 4. The second-order valence-corrected chi connectivity index (χ2v) is 13.1. The van der Waals surface area contributed by atoms with E-state index >= 15 is 0 Å². The Balaban J connectivity index is 0.00000387. The maximum Gasteiger partial charge on any atom is 0.416 e. The first-order chi connectivity index (χ1) is 19.2. The molecule has 5 rings (SSSR count). The lowest BCUT2D eigenvalue weighted by molar-refractivity contribution is -0.137. The van der Waals surface area contributed by atoms with E-state index in [4.69, 9.17) is 4.74 Å². The van der Waals surface area contributed by atoms with Crippen molar-refractivity contribution >= 4 is 12.4 Å². The molecule has 0 heterocycles. The zero-order valence-electron chi connectivity index (χ0n) is 25.1. The van der Waals surface area contributed by atoms with Gasteiger partial charge in [-0.25, -0.2) is 0 Å². The number of methoxy groups -OCH3 is 1. The van der Waals surface area contributed by atoms with Crippen LogP contribution in [0.2, 0.25) is 0 Å². The predicted octanol–water partition coefficient (Wildman–Crippen LogP) is 10.2. The molecule has 3 aliphatic carbocycles. The van der Waals surface area contributed by atoms with Crippen molar-refractivity contribution in [3.63, 3.8) is 0 Å². The van der Waals surface area contributed by atoms with Crippen molar-refractivity contribution in [1.29, 1.82) is 0 Å². The summed E-state index contributed by atoms with van der Waals surface area (Å²) in [5.74, 6) is 2.97. The molecule has 0 unspecified atom stereocenters. The number of alkyl halides is 3. The third-order valence-corrected chi connectivity index (χ3v) is 10.8. The van der Waals surface area contributed by atoms with Gasteiger partial charge in [-0.2, -0.15) is 13.2 Å². The van der Waals surface area contributed by atoms with Gasteiger partial charge in [0.15, 0.2) is 0 Å². The molecule has 41 heavy (non-hydrogen) atoms. The molecule has 3 aliphatic rings. The summed E-state index contributed by atoms with van der Waals surface area (Å²) in [7, 11) is 1.74. The number of ether oxygens (including phenoxy) is 1. The predicted molar refractivity (Wildman–Crippen MR) is 164 cm³/mol. The minimum absolute atomic E-state index is 0. The smallest absolute Gasteiger partial charge is 0.416 e. The topological polar surface area (TPSA) is 12.5 Å². The minimum atomic E-state index is -4.30. The Morgan fingerprint density at radius 2 is 1.73 bits per heavy atom. The highest BCUT2D eigenvalue weighted by atomic mass is 35.5. The fraction of sp³-hybridized carbons (Fsp3) is 0.657. The lowest BCUT2D eigenvalue weighted by Gasteiger charge is -2.52. The van der Waals surface area contributed by atoms with Crippen LogP contribution in [0.1, 0.15) is 113 Å². The van der Waals surface area contributed by atoms with E-state index in [2.05, 4.69) is 36.9 Å². The van der Waals surface area contributed by atoms with Crippen LogP contribution in [0, 0.1) is 17.3 Å². The molecule has 6 heteroatoms. The van der Waals surface area contributed by atoms with Gasteiger partial charge in [0.05, 0.1) is 12.7 Å². The van der Waals surface area contributed by atoms with Crippen LogP contribution in [0.25, 0.3) is 0 Å². The Kier molecular flexibility index (Phi) is 10.8. The monoisotopic (exact) mass is 591 g/mol. The van der Waals surface area contributed by atoms with Gasteiger partial charge in [-0.15, -0.1) is 12.4 Å². The largest absolute Gasteiger partial charge is 0.497 e. The number of benzene rings is 2. The number of hydrogen-bond acceptors (Lipinski definition) is 2. The summed E-state index contributed by atoms with van der Waals surface area (Å²) < 4.78 is 46.1. The van der Waals surface area contributed by atoms with Gasteiger partial charge in [0, 0.05) is 12.6 Å². The first kappa shape index (κ1) is 32.2. The van der Waals surface area contributed by atoms with E-state index in [1.807, 2.05) is 6.07 Å². The van der Waals surface area contributed by atoms with Gasteiger partial charge in [0.1, 0.15) is 5.75 Å². The summed E-state index contributed by atoms with van der Waals surface area (Å²) in [5, 5.41) is 0. The van der Waals surface area contributed by atoms with Crippen LogP contribution in [0.3, 0.4) is 0 Å². The average Bonchev–Trinajstić information content (AvgIpc) is 3.30. The van der Waals surface area contributed by atoms with Crippen LogP contribution >= 0.6 is 12.4 Å². The first-order valence-electron chi connectivity index (χ1n) is 15.8. The highest BCUT2D eigenvalue weighted by Crippen LogP contribution is 2.62. The second-order valence-electron chi connectivity index (χ2n) is 13.1. The fourth-order valence-electron chi connectivity index (χ4n) is 8.78. The van der Waals surface area contributed by atoms with Gasteiger partial charge in [0.2, 0.25) is 0 Å². The van der Waals surface area contributed by atoms with Crippen LogP contribution in [0.4, 0.5) is 13.2 Å². The van der Waals surface area contributed by atoms with Crippen molar-refractivity contribution in [2.75, 3.05) is 13.7 Å². The summed E-state index contributed by atoms with van der Waals surface area (Å²) in [5.41, 5.74) is 3.48. The van der Waals surface area contributed by atoms with E-state index in [1.54, 1.807) is 13.2 Å². The van der Waals surface area contributed by atoms with E-state index in [-0.39, 0.29) is 17.8 Å². The molecule has 2 saturated carbocycles. The lowest BCUT2D eigenvalue weighted by Crippen LogP contribution is -2.50. The fourth-order valence-corrected chi connectivity index (χ4v) is 8.78. The maximum absolute atomic E-state index is 13.5. The molecule has 5 atom stereocenters. The van der Waals surface area contributed by atoms with E-state index in [0.29, 0.717) is 30.3 Å². The maximum atomic E-state index is 13.5. The zero-order valence-corrected chi connectivity index (χ0v) is 26.0. The molecule has 0 spiro atoms. The molecule has 0 N–H and O–H groups in total. The summed E-state index contributed by atoms with van der Waals surface area (Å²) in [6.45, 7) is 6.36. The number of unbranched alkanes of at least 4 members (excludes halogenated alkanes) is 5. The molecule has 0 aromatic heterocycles. The standard InChI is InChI=1S/C35H48F3NO.ClH/c1-4-5-6-7-8-9-21-39(24-25-11-10-12-27(22-25)35(36,37)38)33-18-17-32-31-15-13-26-23-28(40-3)14-16-29(26)30(31)19-20-34(32,33)2;/h10-12,14,16,22-23,30-33H,4-9,13,15,17-21,24H2,1-3H3;1H/t30-,31-,32+,33+,34+;/m1./s1. The van der Waals surface area contributed by atoms with Crippen LogP contribution < -0.4 is 4.74 Å². The Morgan fingerprint density at radius 1 is 0.951 bits per heavy atom. The number of nitrogens with zero attached hydrogens (tertiary/aromatic N) is 1. The van der Waals surface area contributed by atoms with Crippen molar-refractivity contribution in [3.8, 4) is 5.75 Å². The SMILES string of the molecule is CCCCCCCCN(Cc1cccc(C(F)(F)F)c1)[C@H]1CC[C@H]2[C@@H]3CCc4cc(OC)ccc4[C@H]3CC[C@]12C.Cl. The summed E-state index contributed by atoms with van der Waals surface area (Å²) in [6, 6.07) is 13.2. The molecule has 0 aliphatic heterocycles. The highest BCUT2D eigenvalue weighted by Gasteiger charge is 2.56.